The van der Waals surface area contributed by atoms with E-state index < -0.39 is 0 Å². The summed E-state index contributed by atoms with van der Waals surface area (Å²) in [4.78, 5) is 12.2. The van der Waals surface area contributed by atoms with E-state index in [0.717, 1.165) is 24.8 Å². The molecule has 2 heteroatoms. The zero-order valence-corrected chi connectivity index (χ0v) is 12.3. The molecular weight excluding hydrogens is 234 g/mol. The van der Waals surface area contributed by atoms with Gasteiger partial charge < -0.3 is 5.73 Å². The number of carbonyl (C=O) groups excluding carboxylic acids is 1. The van der Waals surface area contributed by atoms with E-state index in [2.05, 4.69) is 45.0 Å². The van der Waals surface area contributed by atoms with Crippen LogP contribution in [0.2, 0.25) is 0 Å². The molecule has 1 aromatic rings. The number of Topliss-reactive ketones (excluding diaryl/α,β-unsaturated/α-hetero) is 1. The summed E-state index contributed by atoms with van der Waals surface area (Å²) in [6.07, 6.45) is 3.40. The summed E-state index contributed by atoms with van der Waals surface area (Å²) in [6.45, 7) is 6.60. The van der Waals surface area contributed by atoms with Gasteiger partial charge in [-0.1, -0.05) is 45.0 Å². The van der Waals surface area contributed by atoms with E-state index >= 15 is 0 Å². The minimum Gasteiger partial charge on any atom is -0.328 e. The highest BCUT2D eigenvalue weighted by Gasteiger charge is 2.27. The molecule has 2 rings (SSSR count). The Bertz CT molecular complexity index is 441. The SMILES string of the molecule is CC(C)(C)c1ccc(CC(=O)C2CCC(N)C2)cc1. The summed E-state index contributed by atoms with van der Waals surface area (Å²) in [7, 11) is 0. The van der Waals surface area contributed by atoms with Gasteiger partial charge in [-0.2, -0.15) is 0 Å². The molecule has 1 fully saturated rings. The van der Waals surface area contributed by atoms with Crippen LogP contribution in [0.1, 0.15) is 51.2 Å². The third-order valence-corrected chi connectivity index (χ3v) is 4.13. The molecule has 2 nitrogen and oxygen atoms in total. The first-order chi connectivity index (χ1) is 8.86. The molecule has 19 heavy (non-hydrogen) atoms. The quantitative estimate of drug-likeness (QED) is 0.905. The lowest BCUT2D eigenvalue weighted by molar-refractivity contribution is -0.122. The van der Waals surface area contributed by atoms with Gasteiger partial charge in [0.15, 0.2) is 0 Å². The van der Waals surface area contributed by atoms with Crippen molar-refractivity contribution in [2.24, 2.45) is 11.7 Å². The minimum absolute atomic E-state index is 0.167. The maximum atomic E-state index is 12.2. The average molecular weight is 259 g/mol. The Morgan fingerprint density at radius 1 is 1.21 bits per heavy atom. The van der Waals surface area contributed by atoms with Crippen LogP contribution < -0.4 is 5.73 Å². The Morgan fingerprint density at radius 2 is 1.84 bits per heavy atom. The van der Waals surface area contributed by atoms with Crippen molar-refractivity contribution in [2.75, 3.05) is 0 Å². The largest absolute Gasteiger partial charge is 0.328 e. The maximum absolute atomic E-state index is 12.2. The van der Waals surface area contributed by atoms with E-state index in [1.807, 2.05) is 0 Å². The first-order valence-corrected chi connectivity index (χ1v) is 7.24. The molecule has 2 unspecified atom stereocenters. The van der Waals surface area contributed by atoms with E-state index in [1.54, 1.807) is 0 Å². The monoisotopic (exact) mass is 259 g/mol. The molecule has 0 bridgehead atoms. The molecule has 104 valence electrons. The number of carbonyl (C=O) groups is 1. The number of benzene rings is 1. The highest BCUT2D eigenvalue weighted by atomic mass is 16.1. The summed E-state index contributed by atoms with van der Waals surface area (Å²) in [5, 5.41) is 0. The van der Waals surface area contributed by atoms with E-state index in [0.29, 0.717) is 12.2 Å². The lowest BCUT2D eigenvalue weighted by Crippen LogP contribution is -2.19. The second kappa shape index (κ2) is 5.46. The molecular formula is C17H25NO. The molecule has 0 saturated heterocycles. The molecule has 1 aromatic carbocycles. The first kappa shape index (κ1) is 14.3. The molecule has 1 saturated carbocycles. The molecule has 1 aliphatic carbocycles. The normalized spacial score (nSPS) is 23.6. The smallest absolute Gasteiger partial charge is 0.140 e. The van der Waals surface area contributed by atoms with Crippen LogP contribution in [-0.4, -0.2) is 11.8 Å². The lowest BCUT2D eigenvalue weighted by atomic mass is 9.86. The molecule has 1 aliphatic rings. The van der Waals surface area contributed by atoms with Gasteiger partial charge in [0.25, 0.3) is 0 Å². The molecule has 0 aromatic heterocycles. The Kier molecular flexibility index (Phi) is 4.10. The third kappa shape index (κ3) is 3.66. The van der Waals surface area contributed by atoms with E-state index in [9.17, 15) is 4.79 Å². The van der Waals surface area contributed by atoms with Crippen molar-refractivity contribution in [3.05, 3.63) is 35.4 Å². The van der Waals surface area contributed by atoms with Gasteiger partial charge in [0.05, 0.1) is 0 Å². The molecule has 0 heterocycles. The van der Waals surface area contributed by atoms with Gasteiger partial charge in [0.1, 0.15) is 5.78 Å². The maximum Gasteiger partial charge on any atom is 0.140 e. The minimum atomic E-state index is 0.167. The van der Waals surface area contributed by atoms with Crippen molar-refractivity contribution >= 4 is 5.78 Å². The van der Waals surface area contributed by atoms with Crippen molar-refractivity contribution in [2.45, 2.75) is 57.9 Å². The van der Waals surface area contributed by atoms with E-state index in [1.165, 1.54) is 5.56 Å². The number of ketones is 1. The van der Waals surface area contributed by atoms with Crippen molar-refractivity contribution in [3.63, 3.8) is 0 Å². The van der Waals surface area contributed by atoms with Gasteiger partial charge in [-0.15, -0.1) is 0 Å². The van der Waals surface area contributed by atoms with Crippen molar-refractivity contribution in [1.82, 2.24) is 0 Å². The van der Waals surface area contributed by atoms with Gasteiger partial charge >= 0.3 is 0 Å². The third-order valence-electron chi connectivity index (χ3n) is 4.13. The van der Waals surface area contributed by atoms with Crippen LogP contribution in [0.25, 0.3) is 0 Å². The van der Waals surface area contributed by atoms with E-state index in [4.69, 9.17) is 5.73 Å². The summed E-state index contributed by atoms with van der Waals surface area (Å²) in [5.41, 5.74) is 8.47. The predicted octanol–water partition coefficient (Wildman–Crippen LogP) is 3.22. The fourth-order valence-corrected chi connectivity index (χ4v) is 2.78. The van der Waals surface area contributed by atoms with Crippen molar-refractivity contribution in [1.29, 1.82) is 0 Å². The van der Waals surface area contributed by atoms with Crippen LogP contribution in [0.5, 0.6) is 0 Å². The Balaban J connectivity index is 1.98. The first-order valence-electron chi connectivity index (χ1n) is 7.24. The molecule has 0 spiro atoms. The Morgan fingerprint density at radius 3 is 2.32 bits per heavy atom. The van der Waals surface area contributed by atoms with Crippen LogP contribution in [0.4, 0.5) is 0 Å². The Hall–Kier alpha value is -1.15. The van der Waals surface area contributed by atoms with Crippen LogP contribution in [-0.2, 0) is 16.6 Å². The molecule has 0 amide bonds. The van der Waals surface area contributed by atoms with Crippen LogP contribution in [0.15, 0.2) is 24.3 Å². The van der Waals surface area contributed by atoms with Crippen molar-refractivity contribution in [3.8, 4) is 0 Å². The van der Waals surface area contributed by atoms with Crippen LogP contribution in [0, 0.1) is 5.92 Å². The van der Waals surface area contributed by atoms with Crippen LogP contribution >= 0.6 is 0 Å². The van der Waals surface area contributed by atoms with Gasteiger partial charge in [-0.3, -0.25) is 4.79 Å². The summed E-state index contributed by atoms with van der Waals surface area (Å²) in [6, 6.07) is 8.70. The second-order valence-corrected chi connectivity index (χ2v) is 6.86. The Labute approximate surface area is 116 Å². The fraction of sp³-hybridized carbons (Fsp3) is 0.588. The lowest BCUT2D eigenvalue weighted by Gasteiger charge is -2.19. The second-order valence-electron chi connectivity index (χ2n) is 6.86. The zero-order valence-electron chi connectivity index (χ0n) is 12.3. The predicted molar refractivity (Wildman–Crippen MR) is 79.2 cm³/mol. The molecule has 2 N–H and O–H groups in total. The average Bonchev–Trinajstić information content (AvgIpc) is 2.75. The zero-order chi connectivity index (χ0) is 14.0. The van der Waals surface area contributed by atoms with Crippen molar-refractivity contribution < 1.29 is 4.79 Å². The molecule has 2 atom stereocenters. The molecule has 0 radical (unpaired) electrons. The van der Waals surface area contributed by atoms with Crippen LogP contribution in [0.3, 0.4) is 0 Å². The summed E-state index contributed by atoms with van der Waals surface area (Å²) >= 11 is 0. The van der Waals surface area contributed by atoms with Gasteiger partial charge in [0, 0.05) is 18.4 Å². The summed E-state index contributed by atoms with van der Waals surface area (Å²) in [5.74, 6) is 0.550. The number of rotatable bonds is 3. The molecule has 0 aliphatic heterocycles. The van der Waals surface area contributed by atoms with Gasteiger partial charge in [0.2, 0.25) is 0 Å². The number of hydrogen-bond donors (Lipinski definition) is 1. The highest BCUT2D eigenvalue weighted by molar-refractivity contribution is 5.83. The highest BCUT2D eigenvalue weighted by Crippen LogP contribution is 2.27. The summed E-state index contributed by atoms with van der Waals surface area (Å²) < 4.78 is 0. The van der Waals surface area contributed by atoms with E-state index in [-0.39, 0.29) is 17.4 Å². The number of hydrogen-bond acceptors (Lipinski definition) is 2. The topological polar surface area (TPSA) is 43.1 Å². The fourth-order valence-electron chi connectivity index (χ4n) is 2.78. The van der Waals surface area contributed by atoms with Gasteiger partial charge in [-0.25, -0.2) is 0 Å². The number of nitrogens with two attached hydrogens (primary N) is 1. The van der Waals surface area contributed by atoms with Gasteiger partial charge in [-0.05, 0) is 35.8 Å². The standard InChI is InChI=1S/C17H25NO/c1-17(2,3)14-7-4-12(5-8-14)10-16(19)13-6-9-15(18)11-13/h4-5,7-8,13,15H,6,9-11,18H2,1-3H3.